The molecule has 0 aliphatic rings. The molecule has 1 aromatic heterocycles. The number of benzene rings is 1. The average Bonchev–Trinajstić information content (AvgIpc) is 2.59. The Morgan fingerprint density at radius 1 is 1.30 bits per heavy atom. The number of halogens is 1. The SMILES string of the molecule is O=C(/C=C/c1cnc(NCCOc2ccccc2Cl)cn1)NO. The fraction of sp³-hybridized carbons (Fsp3) is 0.133. The second-order valence-corrected chi connectivity index (χ2v) is 4.75. The highest BCUT2D eigenvalue weighted by Crippen LogP contribution is 2.22. The van der Waals surface area contributed by atoms with Gasteiger partial charge in [0.05, 0.1) is 29.7 Å². The highest BCUT2D eigenvalue weighted by molar-refractivity contribution is 6.32. The van der Waals surface area contributed by atoms with Crippen LogP contribution < -0.4 is 15.5 Å². The highest BCUT2D eigenvalue weighted by Gasteiger charge is 2.00. The largest absolute Gasteiger partial charge is 0.490 e. The van der Waals surface area contributed by atoms with Crippen molar-refractivity contribution >= 4 is 29.4 Å². The molecule has 0 atom stereocenters. The van der Waals surface area contributed by atoms with Gasteiger partial charge in [-0.1, -0.05) is 23.7 Å². The predicted octanol–water partition coefficient (Wildman–Crippen LogP) is 2.14. The number of carbonyl (C=O) groups is 1. The number of aromatic nitrogens is 2. The maximum Gasteiger partial charge on any atom is 0.267 e. The van der Waals surface area contributed by atoms with E-state index in [4.69, 9.17) is 21.5 Å². The molecule has 0 aliphatic carbocycles. The molecule has 0 radical (unpaired) electrons. The van der Waals surface area contributed by atoms with Gasteiger partial charge in [-0.3, -0.25) is 15.0 Å². The maximum absolute atomic E-state index is 10.8. The van der Waals surface area contributed by atoms with Crippen molar-refractivity contribution < 1.29 is 14.7 Å². The molecule has 0 saturated carbocycles. The first-order chi connectivity index (χ1) is 11.2. The van der Waals surface area contributed by atoms with E-state index in [2.05, 4.69) is 15.3 Å². The second-order valence-electron chi connectivity index (χ2n) is 4.34. The molecule has 0 fully saturated rings. The van der Waals surface area contributed by atoms with Crippen LogP contribution in [-0.4, -0.2) is 34.2 Å². The normalized spacial score (nSPS) is 10.5. The molecule has 0 spiro atoms. The number of rotatable bonds is 7. The summed E-state index contributed by atoms with van der Waals surface area (Å²) in [6.45, 7) is 0.950. The number of amides is 1. The van der Waals surface area contributed by atoms with Gasteiger partial charge in [0.1, 0.15) is 18.2 Å². The van der Waals surface area contributed by atoms with E-state index in [1.165, 1.54) is 23.9 Å². The van der Waals surface area contributed by atoms with E-state index in [9.17, 15) is 4.79 Å². The summed E-state index contributed by atoms with van der Waals surface area (Å²) >= 11 is 5.98. The van der Waals surface area contributed by atoms with Gasteiger partial charge in [0.15, 0.2) is 0 Å². The van der Waals surface area contributed by atoms with E-state index in [0.29, 0.717) is 35.4 Å². The number of anilines is 1. The van der Waals surface area contributed by atoms with Gasteiger partial charge in [-0.15, -0.1) is 0 Å². The number of hydroxylamine groups is 1. The number of carbonyl (C=O) groups excluding carboxylic acids is 1. The zero-order chi connectivity index (χ0) is 16.5. The van der Waals surface area contributed by atoms with Crippen LogP contribution in [0.25, 0.3) is 6.08 Å². The van der Waals surface area contributed by atoms with Gasteiger partial charge in [-0.05, 0) is 18.2 Å². The molecule has 1 amide bonds. The van der Waals surface area contributed by atoms with E-state index < -0.39 is 5.91 Å². The Morgan fingerprint density at radius 2 is 2.13 bits per heavy atom. The Hall–Kier alpha value is -2.64. The van der Waals surface area contributed by atoms with Crippen LogP contribution in [-0.2, 0) is 4.79 Å². The van der Waals surface area contributed by atoms with Crippen LogP contribution in [0.2, 0.25) is 5.02 Å². The molecule has 0 bridgehead atoms. The Bertz CT molecular complexity index is 677. The van der Waals surface area contributed by atoms with Gasteiger partial charge in [0.25, 0.3) is 5.91 Å². The quantitative estimate of drug-likeness (QED) is 0.311. The minimum absolute atomic E-state index is 0.420. The number of hydrogen-bond donors (Lipinski definition) is 3. The van der Waals surface area contributed by atoms with E-state index in [0.717, 1.165) is 6.08 Å². The average molecular weight is 335 g/mol. The van der Waals surface area contributed by atoms with Crippen LogP contribution in [0.4, 0.5) is 5.82 Å². The molecule has 1 heterocycles. The Morgan fingerprint density at radius 3 is 2.83 bits per heavy atom. The zero-order valence-electron chi connectivity index (χ0n) is 12.1. The minimum atomic E-state index is -0.634. The molecule has 7 nitrogen and oxygen atoms in total. The summed E-state index contributed by atoms with van der Waals surface area (Å²) in [7, 11) is 0. The molecular formula is C15H15ClN4O3. The molecule has 2 rings (SSSR count). The Balaban J connectivity index is 1.77. The summed E-state index contributed by atoms with van der Waals surface area (Å²) in [5, 5.41) is 12.0. The molecule has 120 valence electrons. The van der Waals surface area contributed by atoms with Crippen molar-refractivity contribution in [2.24, 2.45) is 0 Å². The van der Waals surface area contributed by atoms with Gasteiger partial charge >= 0.3 is 0 Å². The van der Waals surface area contributed by atoms with Crippen molar-refractivity contribution in [3.8, 4) is 5.75 Å². The Kier molecular flexibility index (Phi) is 6.34. The molecule has 23 heavy (non-hydrogen) atoms. The van der Waals surface area contributed by atoms with Crippen LogP contribution in [0, 0.1) is 0 Å². The third kappa shape index (κ3) is 5.57. The fourth-order valence-electron chi connectivity index (χ4n) is 1.62. The van der Waals surface area contributed by atoms with Crippen LogP contribution in [0.3, 0.4) is 0 Å². The number of para-hydroxylation sites is 1. The third-order valence-electron chi connectivity index (χ3n) is 2.69. The summed E-state index contributed by atoms with van der Waals surface area (Å²) < 4.78 is 5.54. The summed E-state index contributed by atoms with van der Waals surface area (Å²) in [4.78, 5) is 19.1. The predicted molar refractivity (Wildman–Crippen MR) is 86.4 cm³/mol. The van der Waals surface area contributed by atoms with Crippen molar-refractivity contribution in [1.29, 1.82) is 0 Å². The smallest absolute Gasteiger partial charge is 0.267 e. The zero-order valence-corrected chi connectivity index (χ0v) is 12.8. The number of hydrogen-bond acceptors (Lipinski definition) is 6. The van der Waals surface area contributed by atoms with Crippen molar-refractivity contribution in [3.63, 3.8) is 0 Å². The lowest BCUT2D eigenvalue weighted by Gasteiger charge is -2.09. The molecular weight excluding hydrogens is 320 g/mol. The van der Waals surface area contributed by atoms with Crippen LogP contribution in [0.1, 0.15) is 5.69 Å². The topological polar surface area (TPSA) is 96.4 Å². The highest BCUT2D eigenvalue weighted by atomic mass is 35.5. The molecule has 0 unspecified atom stereocenters. The van der Waals surface area contributed by atoms with Crippen LogP contribution in [0.15, 0.2) is 42.7 Å². The molecule has 3 N–H and O–H groups in total. The van der Waals surface area contributed by atoms with Crippen molar-refractivity contribution in [2.75, 3.05) is 18.5 Å². The van der Waals surface area contributed by atoms with Crippen molar-refractivity contribution in [2.45, 2.75) is 0 Å². The second kappa shape index (κ2) is 8.72. The molecule has 2 aromatic rings. The molecule has 0 aliphatic heterocycles. The minimum Gasteiger partial charge on any atom is -0.490 e. The van der Waals surface area contributed by atoms with Gasteiger partial charge in [-0.2, -0.15) is 0 Å². The number of nitrogens with one attached hydrogen (secondary N) is 2. The van der Waals surface area contributed by atoms with E-state index in [1.54, 1.807) is 12.1 Å². The summed E-state index contributed by atoms with van der Waals surface area (Å²) in [6, 6.07) is 7.25. The lowest BCUT2D eigenvalue weighted by Crippen LogP contribution is -2.15. The summed E-state index contributed by atoms with van der Waals surface area (Å²) in [6.07, 6.45) is 5.61. The van der Waals surface area contributed by atoms with E-state index in [-0.39, 0.29) is 0 Å². The summed E-state index contributed by atoms with van der Waals surface area (Å²) in [5.74, 6) is 0.576. The first kappa shape index (κ1) is 16.7. The van der Waals surface area contributed by atoms with E-state index in [1.807, 2.05) is 12.1 Å². The van der Waals surface area contributed by atoms with E-state index >= 15 is 0 Å². The first-order valence-electron chi connectivity index (χ1n) is 6.74. The van der Waals surface area contributed by atoms with Gasteiger partial charge in [0.2, 0.25) is 0 Å². The summed E-state index contributed by atoms with van der Waals surface area (Å²) in [5.41, 5.74) is 1.98. The molecule has 8 heteroatoms. The van der Waals surface area contributed by atoms with Crippen LogP contribution in [0.5, 0.6) is 5.75 Å². The molecule has 1 aromatic carbocycles. The maximum atomic E-state index is 10.8. The lowest BCUT2D eigenvalue weighted by molar-refractivity contribution is -0.124. The van der Waals surface area contributed by atoms with Crippen molar-refractivity contribution in [3.05, 3.63) is 53.5 Å². The standard InChI is InChI=1S/C15H15ClN4O3/c16-12-3-1-2-4-13(12)23-8-7-17-14-10-18-11(9-19-14)5-6-15(21)20-22/h1-6,9-10,22H,7-8H2,(H,17,19)(H,20,21)/b6-5+. The first-order valence-corrected chi connectivity index (χ1v) is 7.12. The number of nitrogens with zero attached hydrogens (tertiary/aromatic N) is 2. The Labute approximate surface area is 137 Å². The third-order valence-corrected chi connectivity index (χ3v) is 3.00. The van der Waals surface area contributed by atoms with Gasteiger partial charge < -0.3 is 10.1 Å². The lowest BCUT2D eigenvalue weighted by atomic mass is 10.3. The monoisotopic (exact) mass is 334 g/mol. The molecule has 0 saturated heterocycles. The van der Waals surface area contributed by atoms with Gasteiger partial charge in [-0.25, -0.2) is 10.5 Å². The number of ether oxygens (including phenoxy) is 1. The van der Waals surface area contributed by atoms with Crippen molar-refractivity contribution in [1.82, 2.24) is 15.4 Å². The van der Waals surface area contributed by atoms with Crippen LogP contribution >= 0.6 is 11.6 Å². The van der Waals surface area contributed by atoms with Gasteiger partial charge in [0, 0.05) is 6.08 Å². The fourth-order valence-corrected chi connectivity index (χ4v) is 1.81.